The molecule has 0 aromatic carbocycles. The lowest BCUT2D eigenvalue weighted by atomic mass is 9.82. The van der Waals surface area contributed by atoms with Crippen LogP contribution in [0, 0.1) is 5.92 Å². The maximum absolute atomic E-state index is 9.23. The largest absolute Gasteiger partial charge is 0.406 e. The van der Waals surface area contributed by atoms with Gasteiger partial charge in [-0.2, -0.15) is 0 Å². The lowest BCUT2D eigenvalue weighted by Gasteiger charge is -2.33. The van der Waals surface area contributed by atoms with Gasteiger partial charge < -0.3 is 19.7 Å². The van der Waals surface area contributed by atoms with Crippen molar-refractivity contribution in [3.8, 4) is 0 Å². The van der Waals surface area contributed by atoms with E-state index in [1.54, 1.807) is 0 Å². The van der Waals surface area contributed by atoms with E-state index in [9.17, 15) is 5.11 Å². The van der Waals surface area contributed by atoms with E-state index < -0.39 is 0 Å². The molecule has 6 nitrogen and oxygen atoms in total. The molecular formula is C11H20N4O2. The first-order valence-corrected chi connectivity index (χ1v) is 6.00. The molecule has 96 valence electrons. The smallest absolute Gasteiger partial charge is 0.317 e. The van der Waals surface area contributed by atoms with Crippen LogP contribution in [0.3, 0.4) is 0 Å². The highest BCUT2D eigenvalue weighted by Gasteiger charge is 2.29. The monoisotopic (exact) mass is 240 g/mol. The van der Waals surface area contributed by atoms with Gasteiger partial charge in [0.05, 0.1) is 12.1 Å². The predicted octanol–water partition coefficient (Wildman–Crippen LogP) is 0.557. The number of aromatic nitrogens is 2. The second-order valence-electron chi connectivity index (χ2n) is 4.81. The fourth-order valence-corrected chi connectivity index (χ4v) is 1.99. The van der Waals surface area contributed by atoms with Crippen LogP contribution >= 0.6 is 0 Å². The molecule has 0 spiro atoms. The van der Waals surface area contributed by atoms with E-state index in [2.05, 4.69) is 15.5 Å². The van der Waals surface area contributed by atoms with E-state index in [0.29, 0.717) is 17.8 Å². The van der Waals surface area contributed by atoms with Crippen LogP contribution in [0.5, 0.6) is 0 Å². The minimum Gasteiger partial charge on any atom is -0.406 e. The molecule has 0 aliphatic heterocycles. The highest BCUT2D eigenvalue weighted by atomic mass is 16.4. The molecule has 17 heavy (non-hydrogen) atoms. The van der Waals surface area contributed by atoms with Crippen molar-refractivity contribution >= 4 is 6.01 Å². The number of nitrogens with one attached hydrogen (secondary N) is 1. The molecule has 1 fully saturated rings. The molecule has 2 N–H and O–H groups in total. The molecule has 0 amide bonds. The Labute approximate surface area is 101 Å². The Bertz CT molecular complexity index is 362. The first kappa shape index (κ1) is 12.3. The van der Waals surface area contributed by atoms with E-state index in [1.165, 1.54) is 0 Å². The van der Waals surface area contributed by atoms with Gasteiger partial charge in [-0.05, 0) is 32.7 Å². The maximum Gasteiger partial charge on any atom is 0.317 e. The lowest BCUT2D eigenvalue weighted by Crippen LogP contribution is -2.37. The number of rotatable bonds is 5. The molecule has 1 aliphatic rings. The summed E-state index contributed by atoms with van der Waals surface area (Å²) in [7, 11) is 3.79. The zero-order valence-electron chi connectivity index (χ0n) is 10.6. The molecule has 6 heteroatoms. The van der Waals surface area contributed by atoms with E-state index >= 15 is 0 Å². The van der Waals surface area contributed by atoms with Crippen LogP contribution in [-0.4, -0.2) is 42.0 Å². The molecule has 1 heterocycles. The third-order valence-electron chi connectivity index (χ3n) is 3.30. The van der Waals surface area contributed by atoms with Crippen LogP contribution in [0.25, 0.3) is 0 Å². The molecule has 1 aromatic heterocycles. The predicted molar refractivity (Wildman–Crippen MR) is 63.8 cm³/mol. The molecular weight excluding hydrogens is 220 g/mol. The van der Waals surface area contributed by atoms with Crippen LogP contribution in [0.4, 0.5) is 6.01 Å². The fourth-order valence-electron chi connectivity index (χ4n) is 1.99. The van der Waals surface area contributed by atoms with Crippen molar-refractivity contribution < 1.29 is 9.52 Å². The second kappa shape index (κ2) is 5.01. The quantitative estimate of drug-likeness (QED) is 0.783. The number of aliphatic hydroxyl groups excluding tert-OH is 1. The average Bonchev–Trinajstić information content (AvgIpc) is 2.75. The molecule has 1 unspecified atom stereocenters. The molecule has 0 radical (unpaired) electrons. The minimum atomic E-state index is -0.115. The summed E-state index contributed by atoms with van der Waals surface area (Å²) >= 11 is 0. The van der Waals surface area contributed by atoms with E-state index in [1.807, 2.05) is 25.9 Å². The topological polar surface area (TPSA) is 74.4 Å². The van der Waals surface area contributed by atoms with E-state index in [0.717, 1.165) is 19.4 Å². The zero-order chi connectivity index (χ0) is 12.4. The normalized spacial score (nSPS) is 25.4. The highest BCUT2D eigenvalue weighted by molar-refractivity contribution is 5.22. The Hall–Kier alpha value is -1.14. The molecule has 1 atom stereocenters. The van der Waals surface area contributed by atoms with Gasteiger partial charge in [-0.25, -0.2) is 0 Å². The summed E-state index contributed by atoms with van der Waals surface area (Å²) < 4.78 is 5.57. The average molecular weight is 240 g/mol. The Morgan fingerprint density at radius 3 is 2.82 bits per heavy atom. The second-order valence-corrected chi connectivity index (χ2v) is 4.81. The van der Waals surface area contributed by atoms with Crippen LogP contribution in [0.1, 0.15) is 31.7 Å². The summed E-state index contributed by atoms with van der Waals surface area (Å²) in [5.41, 5.74) is 0. The third-order valence-corrected chi connectivity index (χ3v) is 3.30. The van der Waals surface area contributed by atoms with Gasteiger partial charge in [0, 0.05) is 13.6 Å². The third kappa shape index (κ3) is 2.76. The zero-order valence-corrected chi connectivity index (χ0v) is 10.6. The van der Waals surface area contributed by atoms with Crippen molar-refractivity contribution in [1.29, 1.82) is 0 Å². The van der Waals surface area contributed by atoms with Gasteiger partial charge >= 0.3 is 6.01 Å². The van der Waals surface area contributed by atoms with Gasteiger partial charge in [-0.3, -0.25) is 0 Å². The Kier molecular flexibility index (Phi) is 3.63. The van der Waals surface area contributed by atoms with Crippen LogP contribution in [-0.2, 0) is 0 Å². The Morgan fingerprint density at radius 1 is 1.53 bits per heavy atom. The van der Waals surface area contributed by atoms with Gasteiger partial charge in [0.15, 0.2) is 0 Å². The summed E-state index contributed by atoms with van der Waals surface area (Å²) in [6, 6.07) is 0.610. The standard InChI is InChI=1S/C11H20N4O2/c1-7(12-2)10-13-14-11(17-10)15(3)6-8-4-9(16)5-8/h7-9,12,16H,4-6H2,1-3H3. The molecule has 1 aliphatic carbocycles. The summed E-state index contributed by atoms with van der Waals surface area (Å²) in [6.07, 6.45) is 1.63. The fraction of sp³-hybridized carbons (Fsp3) is 0.818. The number of anilines is 1. The highest BCUT2D eigenvalue weighted by Crippen LogP contribution is 2.28. The van der Waals surface area contributed by atoms with Crippen molar-refractivity contribution in [2.75, 3.05) is 25.5 Å². The van der Waals surface area contributed by atoms with Crippen LogP contribution in [0.15, 0.2) is 4.42 Å². The Balaban J connectivity index is 1.90. The first-order chi connectivity index (χ1) is 8.10. The van der Waals surface area contributed by atoms with Crippen molar-refractivity contribution in [3.05, 3.63) is 5.89 Å². The van der Waals surface area contributed by atoms with Gasteiger partial charge in [0.2, 0.25) is 5.89 Å². The lowest BCUT2D eigenvalue weighted by molar-refractivity contribution is 0.0461. The Morgan fingerprint density at radius 2 is 2.24 bits per heavy atom. The summed E-state index contributed by atoms with van der Waals surface area (Å²) in [5.74, 6) is 1.13. The number of nitrogens with zero attached hydrogens (tertiary/aromatic N) is 3. The van der Waals surface area contributed by atoms with Gasteiger partial charge in [-0.15, -0.1) is 5.10 Å². The molecule has 1 saturated carbocycles. The van der Waals surface area contributed by atoms with Crippen molar-refractivity contribution in [3.63, 3.8) is 0 Å². The van der Waals surface area contributed by atoms with Crippen molar-refractivity contribution in [2.45, 2.75) is 31.9 Å². The van der Waals surface area contributed by atoms with Crippen LogP contribution < -0.4 is 10.2 Å². The summed E-state index contributed by atoms with van der Waals surface area (Å²) in [5, 5.41) is 20.3. The number of aliphatic hydroxyl groups is 1. The van der Waals surface area contributed by atoms with Gasteiger partial charge in [0.1, 0.15) is 0 Å². The maximum atomic E-state index is 9.23. The summed E-state index contributed by atoms with van der Waals surface area (Å²) in [6.45, 7) is 2.83. The van der Waals surface area contributed by atoms with E-state index in [-0.39, 0.29) is 12.1 Å². The minimum absolute atomic E-state index is 0.0650. The van der Waals surface area contributed by atoms with Crippen LogP contribution in [0.2, 0.25) is 0 Å². The van der Waals surface area contributed by atoms with Crippen molar-refractivity contribution in [2.24, 2.45) is 5.92 Å². The number of hydrogen-bond donors (Lipinski definition) is 2. The van der Waals surface area contributed by atoms with Gasteiger partial charge in [0.25, 0.3) is 0 Å². The molecule has 0 saturated heterocycles. The molecule has 1 aromatic rings. The molecule has 0 bridgehead atoms. The SMILES string of the molecule is CNC(C)c1nnc(N(C)CC2CC(O)C2)o1. The van der Waals surface area contributed by atoms with E-state index in [4.69, 9.17) is 4.42 Å². The van der Waals surface area contributed by atoms with Crippen molar-refractivity contribution in [1.82, 2.24) is 15.5 Å². The van der Waals surface area contributed by atoms with Gasteiger partial charge in [-0.1, -0.05) is 5.10 Å². The molecule has 2 rings (SSSR count). The first-order valence-electron chi connectivity index (χ1n) is 6.00. The summed E-state index contributed by atoms with van der Waals surface area (Å²) in [4.78, 5) is 1.95. The number of hydrogen-bond acceptors (Lipinski definition) is 6.